The average Bonchev–Trinajstić information content (AvgIpc) is 2.95. The summed E-state index contributed by atoms with van der Waals surface area (Å²) in [7, 11) is -3.27. The van der Waals surface area contributed by atoms with Crippen LogP contribution in [0.5, 0.6) is 0 Å². The summed E-state index contributed by atoms with van der Waals surface area (Å²) in [5.41, 5.74) is 11.3. The Hall–Kier alpha value is -2.80. The molecule has 2 heterocycles. The fraction of sp³-hybridized carbons (Fsp3) is 0.357. The van der Waals surface area contributed by atoms with E-state index in [1.165, 1.54) is 6.20 Å². The predicted octanol–water partition coefficient (Wildman–Crippen LogP) is -0.215. The number of sulfone groups is 1. The number of rotatable bonds is 9. The second kappa shape index (κ2) is 8.26. The lowest BCUT2D eigenvalue weighted by atomic mass is 10.2. The Morgan fingerprint density at radius 3 is 2.56 bits per heavy atom. The van der Waals surface area contributed by atoms with Crippen molar-refractivity contribution in [3.63, 3.8) is 0 Å². The quantitative estimate of drug-likeness (QED) is 0.432. The second-order valence-corrected chi connectivity index (χ2v) is 8.86. The summed E-state index contributed by atoms with van der Waals surface area (Å²) in [5, 5.41) is 6.25. The molecule has 2 aromatic heterocycles. The highest BCUT2D eigenvalue weighted by Gasteiger charge is 2.20. The van der Waals surface area contributed by atoms with E-state index in [9.17, 15) is 18.0 Å². The van der Waals surface area contributed by atoms with Crippen molar-refractivity contribution in [3.05, 3.63) is 23.7 Å². The molecule has 0 radical (unpaired) electrons. The zero-order chi connectivity index (χ0) is 20.2. The van der Waals surface area contributed by atoms with Crippen LogP contribution in [0.2, 0.25) is 0 Å². The molecule has 0 bridgehead atoms. The van der Waals surface area contributed by atoms with E-state index >= 15 is 0 Å². The van der Waals surface area contributed by atoms with Gasteiger partial charge < -0.3 is 22.1 Å². The van der Waals surface area contributed by atoms with Gasteiger partial charge in [-0.1, -0.05) is 0 Å². The lowest BCUT2D eigenvalue weighted by molar-refractivity contribution is -0.118. The van der Waals surface area contributed by atoms with Gasteiger partial charge in [-0.05, 0) is 30.9 Å². The van der Waals surface area contributed by atoms with Crippen LogP contribution in [-0.2, 0) is 14.6 Å². The fourth-order valence-electron chi connectivity index (χ4n) is 2.06. The number of carbonyl (C=O) groups excluding carboxylic acids is 2. The maximum Gasteiger partial charge on any atom is 0.271 e. The standard InChI is InChI=1S/C14H19N7O4S2/c1-7-5-10(26-21-7)20-14-11(13(16)23)17-6-9(19-14)18-8(12(15)22)3-4-27(2,24)25/h5-6,8H,3-4H2,1-2H3,(H2,15,22)(H2,16,23)(H2,18,19,20)/t8-/m1/s1. The molecule has 0 unspecified atom stereocenters. The third kappa shape index (κ3) is 6.14. The number of hydrogen-bond acceptors (Lipinski definition) is 10. The predicted molar refractivity (Wildman–Crippen MR) is 102 cm³/mol. The number of nitrogens with two attached hydrogens (primary N) is 2. The van der Waals surface area contributed by atoms with Crippen molar-refractivity contribution in [2.24, 2.45) is 11.5 Å². The van der Waals surface area contributed by atoms with Gasteiger partial charge in [0.25, 0.3) is 5.91 Å². The summed E-state index contributed by atoms with van der Waals surface area (Å²) in [6.07, 6.45) is 2.23. The maximum absolute atomic E-state index is 11.6. The molecule has 0 spiro atoms. The van der Waals surface area contributed by atoms with Crippen LogP contribution in [0, 0.1) is 6.92 Å². The van der Waals surface area contributed by atoms with Crippen LogP contribution in [0.1, 0.15) is 22.6 Å². The van der Waals surface area contributed by atoms with Crippen LogP contribution >= 0.6 is 11.5 Å². The number of primary amides is 2. The Kier molecular flexibility index (Phi) is 6.28. The highest BCUT2D eigenvalue weighted by Crippen LogP contribution is 2.23. The van der Waals surface area contributed by atoms with Crippen molar-refractivity contribution >= 4 is 49.8 Å². The molecule has 0 aromatic carbocycles. The third-order valence-corrected chi connectivity index (χ3v) is 5.09. The van der Waals surface area contributed by atoms with E-state index < -0.39 is 27.7 Å². The number of anilines is 3. The number of aromatic nitrogens is 3. The molecule has 2 rings (SSSR count). The van der Waals surface area contributed by atoms with Crippen LogP contribution in [0.3, 0.4) is 0 Å². The van der Waals surface area contributed by atoms with Gasteiger partial charge in [0, 0.05) is 6.26 Å². The number of amides is 2. The normalized spacial score (nSPS) is 12.4. The SMILES string of the molecule is Cc1cc(Nc2nc(N[C@H](CCS(C)(=O)=O)C(N)=O)cnc2C(N)=O)sn1. The molecule has 0 saturated heterocycles. The molecule has 6 N–H and O–H groups in total. The van der Waals surface area contributed by atoms with Crippen LogP contribution in [0.15, 0.2) is 12.3 Å². The molecule has 0 aliphatic carbocycles. The molecule has 1 atom stereocenters. The molecule has 2 aromatic rings. The molecule has 146 valence electrons. The number of hydrogen-bond donors (Lipinski definition) is 4. The van der Waals surface area contributed by atoms with Crippen molar-refractivity contribution in [2.45, 2.75) is 19.4 Å². The first kappa shape index (κ1) is 20.5. The summed E-state index contributed by atoms with van der Waals surface area (Å²) in [4.78, 5) is 31.3. The second-order valence-electron chi connectivity index (χ2n) is 5.79. The monoisotopic (exact) mass is 413 g/mol. The molecule has 13 heteroatoms. The summed E-state index contributed by atoms with van der Waals surface area (Å²) in [5.74, 6) is -1.57. The van der Waals surface area contributed by atoms with Crippen molar-refractivity contribution in [3.8, 4) is 0 Å². The molecular formula is C14H19N7O4S2. The minimum atomic E-state index is -3.27. The zero-order valence-electron chi connectivity index (χ0n) is 14.6. The van der Waals surface area contributed by atoms with E-state index in [0.717, 1.165) is 23.5 Å². The first-order valence-corrected chi connectivity index (χ1v) is 10.5. The van der Waals surface area contributed by atoms with E-state index in [0.29, 0.717) is 5.00 Å². The number of nitrogens with zero attached hydrogens (tertiary/aromatic N) is 3. The molecule has 11 nitrogen and oxygen atoms in total. The van der Waals surface area contributed by atoms with Crippen molar-refractivity contribution < 1.29 is 18.0 Å². The van der Waals surface area contributed by atoms with Gasteiger partial charge in [0.1, 0.15) is 26.7 Å². The Bertz CT molecular complexity index is 958. The minimum Gasteiger partial charge on any atom is -0.368 e. The Labute approximate surface area is 159 Å². The third-order valence-electron chi connectivity index (χ3n) is 3.32. The lowest BCUT2D eigenvalue weighted by Crippen LogP contribution is -2.37. The average molecular weight is 413 g/mol. The van der Waals surface area contributed by atoms with Crippen molar-refractivity contribution in [2.75, 3.05) is 22.6 Å². The molecule has 0 aliphatic rings. The first-order chi connectivity index (χ1) is 12.5. The van der Waals surface area contributed by atoms with Crippen molar-refractivity contribution in [1.29, 1.82) is 0 Å². The summed E-state index contributed by atoms with van der Waals surface area (Å²) in [6, 6.07) is 0.766. The van der Waals surface area contributed by atoms with Gasteiger partial charge in [0.15, 0.2) is 11.5 Å². The van der Waals surface area contributed by atoms with Gasteiger partial charge in [-0.3, -0.25) is 9.59 Å². The minimum absolute atomic E-state index is 0.0375. The topological polar surface area (TPSA) is 183 Å². The number of carbonyl (C=O) groups is 2. The number of nitrogens with one attached hydrogen (secondary N) is 2. The van der Waals surface area contributed by atoms with Crippen molar-refractivity contribution in [1.82, 2.24) is 14.3 Å². The number of aryl methyl sites for hydroxylation is 1. The van der Waals surface area contributed by atoms with Crippen LogP contribution < -0.4 is 22.1 Å². The largest absolute Gasteiger partial charge is 0.368 e. The van der Waals surface area contributed by atoms with E-state index in [-0.39, 0.29) is 29.5 Å². The van der Waals surface area contributed by atoms with Crippen LogP contribution in [-0.4, -0.2) is 52.6 Å². The Balaban J connectivity index is 2.26. The summed E-state index contributed by atoms with van der Waals surface area (Å²) >= 11 is 1.16. The Morgan fingerprint density at radius 1 is 1.33 bits per heavy atom. The zero-order valence-corrected chi connectivity index (χ0v) is 16.2. The first-order valence-electron chi connectivity index (χ1n) is 7.66. The van der Waals surface area contributed by atoms with Crippen LogP contribution in [0.25, 0.3) is 0 Å². The highest BCUT2D eigenvalue weighted by molar-refractivity contribution is 7.90. The van der Waals surface area contributed by atoms with Gasteiger partial charge in [0.2, 0.25) is 5.91 Å². The van der Waals surface area contributed by atoms with E-state index in [1.807, 2.05) is 0 Å². The van der Waals surface area contributed by atoms with Gasteiger partial charge in [-0.25, -0.2) is 18.4 Å². The molecular weight excluding hydrogens is 394 g/mol. The van der Waals surface area contributed by atoms with E-state index in [1.54, 1.807) is 13.0 Å². The Morgan fingerprint density at radius 2 is 2.04 bits per heavy atom. The van der Waals surface area contributed by atoms with Gasteiger partial charge >= 0.3 is 0 Å². The van der Waals surface area contributed by atoms with Gasteiger partial charge in [0.05, 0.1) is 17.6 Å². The van der Waals surface area contributed by atoms with Crippen LogP contribution in [0.4, 0.5) is 16.6 Å². The smallest absolute Gasteiger partial charge is 0.271 e. The highest BCUT2D eigenvalue weighted by atomic mass is 32.2. The van der Waals surface area contributed by atoms with Gasteiger partial charge in [-0.15, -0.1) is 0 Å². The van der Waals surface area contributed by atoms with E-state index in [2.05, 4.69) is 25.0 Å². The molecule has 0 aliphatic heterocycles. The molecule has 2 amide bonds. The maximum atomic E-state index is 11.6. The fourth-order valence-corrected chi connectivity index (χ4v) is 3.39. The summed E-state index contributed by atoms with van der Waals surface area (Å²) in [6.45, 7) is 1.81. The molecule has 0 fully saturated rings. The van der Waals surface area contributed by atoms with E-state index in [4.69, 9.17) is 11.5 Å². The van der Waals surface area contributed by atoms with Gasteiger partial charge in [-0.2, -0.15) is 4.37 Å². The molecule has 0 saturated carbocycles. The summed E-state index contributed by atoms with van der Waals surface area (Å²) < 4.78 is 26.7. The lowest BCUT2D eigenvalue weighted by Gasteiger charge is -2.16. The molecule has 27 heavy (non-hydrogen) atoms.